The van der Waals surface area contributed by atoms with Gasteiger partial charge >= 0.3 is 0 Å². The molecule has 1 fully saturated rings. The lowest BCUT2D eigenvalue weighted by Crippen LogP contribution is -2.38. The number of hydrogen-bond acceptors (Lipinski definition) is 3. The number of hydrogen-bond donors (Lipinski definition) is 1. The predicted molar refractivity (Wildman–Crippen MR) is 104 cm³/mol. The van der Waals surface area contributed by atoms with E-state index in [1.165, 1.54) is 4.31 Å². The van der Waals surface area contributed by atoms with Crippen molar-refractivity contribution in [2.45, 2.75) is 19.8 Å². The Morgan fingerprint density at radius 1 is 1.12 bits per heavy atom. The molecule has 1 N–H and O–H groups in total. The SMILES string of the molecule is Cc1ccc(C(=O)Nc2ccc(Br)cc2)cc1N1CCCCS1(=O)=O. The Bertz CT molecular complexity index is 895. The number of amides is 1. The first-order valence-electron chi connectivity index (χ1n) is 8.05. The van der Waals surface area contributed by atoms with E-state index in [2.05, 4.69) is 21.2 Å². The van der Waals surface area contributed by atoms with Gasteiger partial charge in [0, 0.05) is 22.3 Å². The summed E-state index contributed by atoms with van der Waals surface area (Å²) in [5.74, 6) is -0.111. The summed E-state index contributed by atoms with van der Waals surface area (Å²) in [6.07, 6.45) is 1.51. The molecule has 1 aliphatic heterocycles. The van der Waals surface area contributed by atoms with Gasteiger partial charge in [-0.2, -0.15) is 0 Å². The lowest BCUT2D eigenvalue weighted by molar-refractivity contribution is 0.102. The summed E-state index contributed by atoms with van der Waals surface area (Å²) >= 11 is 3.35. The van der Waals surface area contributed by atoms with Crippen molar-refractivity contribution in [3.05, 3.63) is 58.1 Å². The molecular formula is C18H19BrN2O3S. The predicted octanol–water partition coefficient (Wildman–Crippen LogP) is 3.94. The summed E-state index contributed by atoms with van der Waals surface area (Å²) in [4.78, 5) is 12.5. The number of sulfonamides is 1. The van der Waals surface area contributed by atoms with E-state index in [-0.39, 0.29) is 11.7 Å². The average molecular weight is 423 g/mol. The van der Waals surface area contributed by atoms with Gasteiger partial charge in [0.1, 0.15) is 0 Å². The fourth-order valence-corrected chi connectivity index (χ4v) is 4.77. The first-order valence-corrected chi connectivity index (χ1v) is 10.4. The summed E-state index contributed by atoms with van der Waals surface area (Å²) in [5, 5.41) is 2.83. The molecule has 0 bridgehead atoms. The lowest BCUT2D eigenvalue weighted by Gasteiger charge is -2.29. The standard InChI is InChI=1S/C18H19BrN2O3S/c1-13-4-5-14(18(22)20-16-8-6-15(19)7-9-16)12-17(13)21-10-2-3-11-25(21,23)24/h4-9,12H,2-3,10-11H2,1H3,(H,20,22). The molecular weight excluding hydrogens is 404 g/mol. The highest BCUT2D eigenvalue weighted by Crippen LogP contribution is 2.28. The number of carbonyl (C=O) groups excluding carboxylic acids is 1. The van der Waals surface area contributed by atoms with Crippen LogP contribution in [0.15, 0.2) is 46.9 Å². The van der Waals surface area contributed by atoms with Gasteiger partial charge < -0.3 is 5.32 Å². The summed E-state index contributed by atoms with van der Waals surface area (Å²) in [6.45, 7) is 2.32. The second-order valence-electron chi connectivity index (χ2n) is 6.06. The summed E-state index contributed by atoms with van der Waals surface area (Å²) in [5.41, 5.74) is 2.54. The molecule has 25 heavy (non-hydrogen) atoms. The zero-order valence-corrected chi connectivity index (χ0v) is 16.2. The highest BCUT2D eigenvalue weighted by atomic mass is 79.9. The van der Waals surface area contributed by atoms with E-state index in [0.717, 1.165) is 16.5 Å². The van der Waals surface area contributed by atoms with Crippen molar-refractivity contribution in [3.63, 3.8) is 0 Å². The Hall–Kier alpha value is -1.86. The van der Waals surface area contributed by atoms with Crippen LogP contribution in [0, 0.1) is 6.92 Å². The minimum atomic E-state index is -3.31. The zero-order valence-electron chi connectivity index (χ0n) is 13.8. The van der Waals surface area contributed by atoms with Crippen LogP contribution in [0.5, 0.6) is 0 Å². The number of halogens is 1. The number of nitrogens with zero attached hydrogens (tertiary/aromatic N) is 1. The fourth-order valence-electron chi connectivity index (χ4n) is 2.82. The Morgan fingerprint density at radius 2 is 1.84 bits per heavy atom. The maximum Gasteiger partial charge on any atom is 0.255 e. The zero-order chi connectivity index (χ0) is 18.0. The quantitative estimate of drug-likeness (QED) is 0.814. The molecule has 132 valence electrons. The molecule has 0 aliphatic carbocycles. The van der Waals surface area contributed by atoms with E-state index in [1.54, 1.807) is 30.3 Å². The Labute approximate surface area is 156 Å². The molecule has 0 radical (unpaired) electrons. The molecule has 1 heterocycles. The van der Waals surface area contributed by atoms with Crippen molar-refractivity contribution >= 4 is 43.2 Å². The average Bonchev–Trinajstić information content (AvgIpc) is 2.57. The van der Waals surface area contributed by atoms with Crippen LogP contribution >= 0.6 is 15.9 Å². The fraction of sp³-hybridized carbons (Fsp3) is 0.278. The third-order valence-electron chi connectivity index (χ3n) is 4.19. The van der Waals surface area contributed by atoms with E-state index in [4.69, 9.17) is 0 Å². The molecule has 0 aromatic heterocycles. The van der Waals surface area contributed by atoms with Gasteiger partial charge in [-0.1, -0.05) is 22.0 Å². The second-order valence-corrected chi connectivity index (χ2v) is 8.99. The van der Waals surface area contributed by atoms with Crippen LogP contribution in [-0.4, -0.2) is 26.6 Å². The van der Waals surface area contributed by atoms with Gasteiger partial charge in [0.2, 0.25) is 10.0 Å². The number of carbonyl (C=O) groups is 1. The molecule has 3 rings (SSSR count). The molecule has 0 unspecified atom stereocenters. The molecule has 1 amide bonds. The minimum absolute atomic E-state index is 0.155. The van der Waals surface area contributed by atoms with Crippen molar-refractivity contribution in [1.29, 1.82) is 0 Å². The largest absolute Gasteiger partial charge is 0.322 e. The van der Waals surface area contributed by atoms with E-state index in [9.17, 15) is 13.2 Å². The van der Waals surface area contributed by atoms with Gasteiger partial charge in [-0.15, -0.1) is 0 Å². The first-order chi connectivity index (χ1) is 11.9. The molecule has 5 nitrogen and oxygen atoms in total. The Kier molecular flexibility index (Phi) is 5.15. The molecule has 0 saturated carbocycles. The normalized spacial score (nSPS) is 16.5. The highest BCUT2D eigenvalue weighted by molar-refractivity contribution is 9.10. The topological polar surface area (TPSA) is 66.5 Å². The third-order valence-corrected chi connectivity index (χ3v) is 6.58. The third kappa shape index (κ3) is 4.04. The van der Waals surface area contributed by atoms with Crippen molar-refractivity contribution in [1.82, 2.24) is 0 Å². The summed E-state index contributed by atoms with van der Waals surface area (Å²) in [6, 6.07) is 12.4. The van der Waals surface area contributed by atoms with Gasteiger partial charge in [0.15, 0.2) is 0 Å². The molecule has 1 saturated heterocycles. The monoisotopic (exact) mass is 422 g/mol. The van der Waals surface area contributed by atoms with Crippen molar-refractivity contribution in [3.8, 4) is 0 Å². The smallest absolute Gasteiger partial charge is 0.255 e. The van der Waals surface area contributed by atoms with Crippen molar-refractivity contribution in [2.24, 2.45) is 0 Å². The molecule has 2 aromatic carbocycles. The molecule has 0 spiro atoms. The van der Waals surface area contributed by atoms with Crippen molar-refractivity contribution in [2.75, 3.05) is 21.9 Å². The Morgan fingerprint density at radius 3 is 2.52 bits per heavy atom. The molecule has 7 heteroatoms. The van der Waals surface area contributed by atoms with Crippen LogP contribution < -0.4 is 9.62 Å². The second kappa shape index (κ2) is 7.17. The van der Waals surface area contributed by atoms with Gasteiger partial charge in [-0.3, -0.25) is 9.10 Å². The van der Waals surface area contributed by atoms with Crippen LogP contribution in [0.4, 0.5) is 11.4 Å². The first kappa shape index (κ1) is 17.9. The highest BCUT2D eigenvalue weighted by Gasteiger charge is 2.27. The van der Waals surface area contributed by atoms with Gasteiger partial charge in [0.25, 0.3) is 5.91 Å². The molecule has 0 atom stereocenters. The number of benzene rings is 2. The van der Waals surface area contributed by atoms with Crippen LogP contribution in [0.3, 0.4) is 0 Å². The van der Waals surface area contributed by atoms with E-state index < -0.39 is 10.0 Å². The molecule has 1 aliphatic rings. The van der Waals surface area contributed by atoms with Gasteiger partial charge in [0.05, 0.1) is 11.4 Å². The van der Waals surface area contributed by atoms with Crippen LogP contribution in [0.25, 0.3) is 0 Å². The van der Waals surface area contributed by atoms with E-state index >= 15 is 0 Å². The Balaban J connectivity index is 1.88. The number of rotatable bonds is 3. The lowest BCUT2D eigenvalue weighted by atomic mass is 10.1. The van der Waals surface area contributed by atoms with E-state index in [0.29, 0.717) is 29.9 Å². The summed E-state index contributed by atoms with van der Waals surface area (Å²) < 4.78 is 27.1. The van der Waals surface area contributed by atoms with E-state index in [1.807, 2.05) is 19.1 Å². The van der Waals surface area contributed by atoms with Crippen LogP contribution in [0.2, 0.25) is 0 Å². The van der Waals surface area contributed by atoms with Gasteiger partial charge in [-0.25, -0.2) is 8.42 Å². The number of nitrogens with one attached hydrogen (secondary N) is 1. The minimum Gasteiger partial charge on any atom is -0.322 e. The van der Waals surface area contributed by atoms with Crippen LogP contribution in [0.1, 0.15) is 28.8 Å². The van der Waals surface area contributed by atoms with Crippen LogP contribution in [-0.2, 0) is 10.0 Å². The van der Waals surface area contributed by atoms with Gasteiger partial charge in [-0.05, 0) is 61.7 Å². The maximum absolute atomic E-state index is 12.5. The number of anilines is 2. The summed E-state index contributed by atoms with van der Waals surface area (Å²) in [7, 11) is -3.31. The number of aryl methyl sites for hydroxylation is 1. The van der Waals surface area contributed by atoms with Crippen molar-refractivity contribution < 1.29 is 13.2 Å². The maximum atomic E-state index is 12.5. The molecule has 2 aromatic rings.